The smallest absolute Gasteiger partial charge is 0.256 e. The van der Waals surface area contributed by atoms with Crippen LogP contribution in [0.15, 0.2) is 48.7 Å². The molecular formula is C19H17N5O3. The van der Waals surface area contributed by atoms with Crippen LogP contribution in [0.25, 0.3) is 0 Å². The van der Waals surface area contributed by atoms with Crippen molar-refractivity contribution in [2.75, 3.05) is 11.9 Å². The lowest BCUT2D eigenvalue weighted by Gasteiger charge is -2.12. The zero-order valence-corrected chi connectivity index (χ0v) is 14.5. The van der Waals surface area contributed by atoms with E-state index in [2.05, 4.69) is 15.5 Å². The Morgan fingerprint density at radius 2 is 2.04 bits per heavy atom. The van der Waals surface area contributed by atoms with Gasteiger partial charge < -0.3 is 15.8 Å². The van der Waals surface area contributed by atoms with Crippen LogP contribution in [0.4, 0.5) is 5.82 Å². The van der Waals surface area contributed by atoms with Crippen molar-refractivity contribution in [3.63, 3.8) is 0 Å². The predicted octanol–water partition coefficient (Wildman–Crippen LogP) is 1.69. The van der Waals surface area contributed by atoms with E-state index in [1.807, 2.05) is 30.3 Å². The molecule has 1 aromatic heterocycles. The fourth-order valence-corrected chi connectivity index (χ4v) is 3.19. The molecule has 0 fully saturated rings. The second-order valence-corrected chi connectivity index (χ2v) is 6.25. The lowest BCUT2D eigenvalue weighted by Crippen LogP contribution is -2.17. The lowest BCUT2D eigenvalue weighted by atomic mass is 9.90. The number of rotatable bonds is 4. The third kappa shape index (κ3) is 3.12. The standard InChI is InChI=1S/C19H17N5O3/c1-24-21-9-16(23-24)22-19(26)12-7-13-15(11-5-3-2-4-6-11)10-27-17(13)14(8-12)18(20)25/h2-9,15H,10H2,1H3,(H2,20,25)(H,22,23,26). The number of fused-ring (bicyclic) bond motifs is 1. The summed E-state index contributed by atoms with van der Waals surface area (Å²) < 4.78 is 5.76. The summed E-state index contributed by atoms with van der Waals surface area (Å²) in [7, 11) is 1.65. The summed E-state index contributed by atoms with van der Waals surface area (Å²) in [4.78, 5) is 25.9. The van der Waals surface area contributed by atoms with Gasteiger partial charge in [0.25, 0.3) is 11.8 Å². The number of nitrogens with zero attached hydrogens (tertiary/aromatic N) is 3. The summed E-state index contributed by atoms with van der Waals surface area (Å²) in [5.41, 5.74) is 7.82. The molecule has 27 heavy (non-hydrogen) atoms. The van der Waals surface area contributed by atoms with Crippen LogP contribution in [-0.4, -0.2) is 33.4 Å². The number of anilines is 1. The first kappa shape index (κ1) is 16.8. The highest BCUT2D eigenvalue weighted by molar-refractivity contribution is 6.06. The van der Waals surface area contributed by atoms with Gasteiger partial charge in [0.05, 0.1) is 18.4 Å². The molecule has 2 heterocycles. The predicted molar refractivity (Wildman–Crippen MR) is 97.7 cm³/mol. The third-order valence-corrected chi connectivity index (χ3v) is 4.46. The molecule has 0 bridgehead atoms. The highest BCUT2D eigenvalue weighted by Crippen LogP contribution is 2.41. The number of carbonyl (C=O) groups is 2. The molecule has 8 heteroatoms. The second-order valence-electron chi connectivity index (χ2n) is 6.25. The Labute approximate surface area is 154 Å². The van der Waals surface area contributed by atoms with Gasteiger partial charge in [0.2, 0.25) is 0 Å². The first-order valence-electron chi connectivity index (χ1n) is 8.36. The van der Waals surface area contributed by atoms with Crippen molar-refractivity contribution < 1.29 is 14.3 Å². The normalized spacial score (nSPS) is 15.1. The molecule has 0 saturated heterocycles. The van der Waals surface area contributed by atoms with Crippen molar-refractivity contribution in [3.8, 4) is 5.75 Å². The number of nitrogens with one attached hydrogen (secondary N) is 1. The lowest BCUT2D eigenvalue weighted by molar-refractivity contribution is 0.0997. The van der Waals surface area contributed by atoms with Crippen molar-refractivity contribution in [1.82, 2.24) is 15.0 Å². The minimum Gasteiger partial charge on any atom is -0.491 e. The van der Waals surface area contributed by atoms with Gasteiger partial charge in [-0.05, 0) is 17.7 Å². The van der Waals surface area contributed by atoms with E-state index in [4.69, 9.17) is 10.5 Å². The number of carbonyl (C=O) groups excluding carboxylic acids is 2. The van der Waals surface area contributed by atoms with Gasteiger partial charge in [0, 0.05) is 24.1 Å². The zero-order chi connectivity index (χ0) is 19.0. The van der Waals surface area contributed by atoms with Gasteiger partial charge >= 0.3 is 0 Å². The molecule has 3 N–H and O–H groups in total. The van der Waals surface area contributed by atoms with Crippen LogP contribution in [0, 0.1) is 0 Å². The van der Waals surface area contributed by atoms with Gasteiger partial charge in [-0.2, -0.15) is 9.90 Å². The maximum absolute atomic E-state index is 12.7. The van der Waals surface area contributed by atoms with E-state index < -0.39 is 11.8 Å². The molecule has 0 aliphatic carbocycles. The van der Waals surface area contributed by atoms with E-state index in [1.165, 1.54) is 17.1 Å². The monoisotopic (exact) mass is 363 g/mol. The van der Waals surface area contributed by atoms with E-state index in [-0.39, 0.29) is 11.5 Å². The summed E-state index contributed by atoms with van der Waals surface area (Å²) >= 11 is 0. The summed E-state index contributed by atoms with van der Waals surface area (Å²) in [6.45, 7) is 0.384. The highest BCUT2D eigenvalue weighted by atomic mass is 16.5. The molecule has 3 aromatic rings. The van der Waals surface area contributed by atoms with Gasteiger partial charge in [0.1, 0.15) is 5.75 Å². The Morgan fingerprint density at radius 3 is 2.70 bits per heavy atom. The summed E-state index contributed by atoms with van der Waals surface area (Å²) in [6, 6.07) is 13.0. The first-order chi connectivity index (χ1) is 13.0. The SMILES string of the molecule is Cn1ncc(NC(=O)c2cc(C(N)=O)c3c(c2)C(c2ccccc2)CO3)n1. The third-order valence-electron chi connectivity index (χ3n) is 4.46. The molecule has 1 aliphatic rings. The van der Waals surface area contributed by atoms with E-state index in [0.29, 0.717) is 23.7 Å². The summed E-state index contributed by atoms with van der Waals surface area (Å²) in [5.74, 6) is -0.371. The molecule has 8 nitrogen and oxygen atoms in total. The van der Waals surface area contributed by atoms with Gasteiger partial charge in [-0.3, -0.25) is 9.59 Å². The number of amides is 2. The Morgan fingerprint density at radius 1 is 1.26 bits per heavy atom. The molecule has 1 atom stereocenters. The van der Waals surface area contributed by atoms with Crippen LogP contribution < -0.4 is 15.8 Å². The molecule has 2 amide bonds. The molecule has 1 unspecified atom stereocenters. The van der Waals surface area contributed by atoms with Crippen molar-refractivity contribution in [2.45, 2.75) is 5.92 Å². The van der Waals surface area contributed by atoms with Gasteiger partial charge in [-0.1, -0.05) is 30.3 Å². The summed E-state index contributed by atoms with van der Waals surface area (Å²) in [5, 5.41) is 10.6. The minimum absolute atomic E-state index is 0.0800. The Kier molecular flexibility index (Phi) is 4.08. The van der Waals surface area contributed by atoms with Crippen molar-refractivity contribution >= 4 is 17.6 Å². The maximum atomic E-state index is 12.7. The van der Waals surface area contributed by atoms with Crippen LogP contribution in [0.3, 0.4) is 0 Å². The zero-order valence-electron chi connectivity index (χ0n) is 14.5. The van der Waals surface area contributed by atoms with Gasteiger partial charge in [-0.15, -0.1) is 5.10 Å². The number of primary amides is 1. The molecule has 0 radical (unpaired) electrons. The molecular weight excluding hydrogens is 346 g/mol. The first-order valence-corrected chi connectivity index (χ1v) is 8.36. The van der Waals surface area contributed by atoms with E-state index in [9.17, 15) is 9.59 Å². The molecule has 0 saturated carbocycles. The molecule has 1 aliphatic heterocycles. The van der Waals surface area contributed by atoms with Crippen molar-refractivity contribution in [1.29, 1.82) is 0 Å². The molecule has 4 rings (SSSR count). The number of aromatic nitrogens is 3. The fraction of sp³-hybridized carbons (Fsp3) is 0.158. The van der Waals surface area contributed by atoms with E-state index >= 15 is 0 Å². The average molecular weight is 363 g/mol. The number of nitrogens with two attached hydrogens (primary N) is 1. The van der Waals surface area contributed by atoms with Crippen LogP contribution in [0.2, 0.25) is 0 Å². The van der Waals surface area contributed by atoms with Crippen LogP contribution in [-0.2, 0) is 7.05 Å². The average Bonchev–Trinajstić information content (AvgIpc) is 3.27. The number of hydrogen-bond acceptors (Lipinski definition) is 5. The van der Waals surface area contributed by atoms with Crippen molar-refractivity contribution in [3.05, 3.63) is 70.9 Å². The minimum atomic E-state index is -0.644. The molecule has 136 valence electrons. The van der Waals surface area contributed by atoms with E-state index in [1.54, 1.807) is 13.1 Å². The Balaban J connectivity index is 1.74. The fourth-order valence-electron chi connectivity index (χ4n) is 3.19. The number of benzene rings is 2. The molecule has 0 spiro atoms. The molecule has 2 aromatic carbocycles. The Bertz CT molecular complexity index is 1030. The van der Waals surface area contributed by atoms with Crippen LogP contribution in [0.5, 0.6) is 5.75 Å². The quantitative estimate of drug-likeness (QED) is 0.732. The Hall–Kier alpha value is -3.68. The number of hydrogen-bond donors (Lipinski definition) is 2. The van der Waals surface area contributed by atoms with Gasteiger partial charge in [0.15, 0.2) is 5.82 Å². The number of ether oxygens (including phenoxy) is 1. The van der Waals surface area contributed by atoms with Gasteiger partial charge in [-0.25, -0.2) is 0 Å². The van der Waals surface area contributed by atoms with E-state index in [0.717, 1.165) is 11.1 Å². The number of aryl methyl sites for hydroxylation is 1. The topological polar surface area (TPSA) is 112 Å². The maximum Gasteiger partial charge on any atom is 0.256 e. The second kappa shape index (κ2) is 6.56. The van der Waals surface area contributed by atoms with Crippen LogP contribution in [0.1, 0.15) is 37.8 Å². The largest absolute Gasteiger partial charge is 0.491 e. The van der Waals surface area contributed by atoms with Crippen LogP contribution >= 0.6 is 0 Å². The summed E-state index contributed by atoms with van der Waals surface area (Å²) in [6.07, 6.45) is 1.44. The highest BCUT2D eigenvalue weighted by Gasteiger charge is 2.31. The van der Waals surface area contributed by atoms with Crippen molar-refractivity contribution in [2.24, 2.45) is 12.8 Å².